The van der Waals surface area contributed by atoms with Gasteiger partial charge in [0.15, 0.2) is 6.61 Å². The molecule has 0 spiro atoms. The average Bonchev–Trinajstić information content (AvgIpc) is 2.60. The lowest BCUT2D eigenvalue weighted by atomic mass is 9.86. The molecule has 0 bridgehead atoms. The van der Waals surface area contributed by atoms with Gasteiger partial charge in [0.25, 0.3) is 5.91 Å². The first-order valence-electron chi connectivity index (χ1n) is 8.17. The zero-order valence-corrected chi connectivity index (χ0v) is 13.8. The number of hydrogen-bond donors (Lipinski definition) is 1. The Morgan fingerprint density at radius 1 is 1.33 bits per heavy atom. The summed E-state index contributed by atoms with van der Waals surface area (Å²) in [5.41, 5.74) is 0.650. The van der Waals surface area contributed by atoms with Gasteiger partial charge in [-0.15, -0.1) is 0 Å². The van der Waals surface area contributed by atoms with Crippen LogP contribution < -0.4 is 10.1 Å². The molecule has 0 unspecified atom stereocenters. The average molecular weight is 323 g/mol. The lowest BCUT2D eigenvalue weighted by Crippen LogP contribution is -2.41. The van der Waals surface area contributed by atoms with E-state index in [4.69, 9.17) is 10.00 Å². The van der Waals surface area contributed by atoms with Crippen molar-refractivity contribution in [3.05, 3.63) is 35.4 Å². The second-order valence-corrected chi connectivity index (χ2v) is 6.00. The first-order chi connectivity index (χ1) is 11.7. The molecule has 1 N–H and O–H groups in total. The zero-order chi connectivity index (χ0) is 17.4. The van der Waals surface area contributed by atoms with Crippen molar-refractivity contribution in [2.75, 3.05) is 6.61 Å². The van der Waals surface area contributed by atoms with Crippen LogP contribution in [0.25, 0.3) is 6.08 Å². The van der Waals surface area contributed by atoms with Crippen molar-refractivity contribution < 1.29 is 9.53 Å². The normalized spacial score (nSPS) is 20.5. The smallest absolute Gasteiger partial charge is 0.262 e. The van der Waals surface area contributed by atoms with Gasteiger partial charge in [0.2, 0.25) is 0 Å². The van der Waals surface area contributed by atoms with Gasteiger partial charge < -0.3 is 10.1 Å². The quantitative estimate of drug-likeness (QED) is 0.666. The number of hydrogen-bond acceptors (Lipinski definition) is 4. The fourth-order valence-electron chi connectivity index (χ4n) is 2.92. The molecule has 2 atom stereocenters. The van der Waals surface area contributed by atoms with E-state index in [0.717, 1.165) is 19.3 Å². The van der Waals surface area contributed by atoms with Crippen LogP contribution >= 0.6 is 0 Å². The first kappa shape index (κ1) is 17.6. The molecule has 24 heavy (non-hydrogen) atoms. The Morgan fingerprint density at radius 3 is 2.79 bits per heavy atom. The van der Waals surface area contributed by atoms with E-state index in [-0.39, 0.29) is 24.1 Å². The van der Waals surface area contributed by atoms with Crippen LogP contribution in [-0.2, 0) is 4.79 Å². The van der Waals surface area contributed by atoms with Crippen LogP contribution in [0.3, 0.4) is 0 Å². The van der Waals surface area contributed by atoms with Gasteiger partial charge in [0.1, 0.15) is 23.5 Å². The Morgan fingerprint density at radius 2 is 2.08 bits per heavy atom. The minimum Gasteiger partial charge on any atom is -0.478 e. The molecule has 0 heterocycles. The zero-order valence-electron chi connectivity index (χ0n) is 13.8. The Hall–Kier alpha value is -2.79. The summed E-state index contributed by atoms with van der Waals surface area (Å²) in [7, 11) is 0. The number of carbonyl (C=O) groups excluding carboxylic acids is 1. The molecule has 0 saturated heterocycles. The van der Waals surface area contributed by atoms with Crippen molar-refractivity contribution in [2.45, 2.75) is 38.6 Å². The highest BCUT2D eigenvalue weighted by molar-refractivity contribution is 6.02. The molecule has 0 radical (unpaired) electrons. The van der Waals surface area contributed by atoms with E-state index in [0.29, 0.717) is 17.2 Å². The first-order valence-corrected chi connectivity index (χ1v) is 8.17. The van der Waals surface area contributed by atoms with E-state index in [2.05, 4.69) is 12.2 Å². The van der Waals surface area contributed by atoms with Crippen molar-refractivity contribution in [1.82, 2.24) is 5.32 Å². The van der Waals surface area contributed by atoms with E-state index < -0.39 is 0 Å². The Kier molecular flexibility index (Phi) is 6.40. The second kappa shape index (κ2) is 8.74. The Labute approximate surface area is 142 Å². The summed E-state index contributed by atoms with van der Waals surface area (Å²) in [5, 5.41) is 21.0. The summed E-state index contributed by atoms with van der Waals surface area (Å²) < 4.78 is 5.33. The van der Waals surface area contributed by atoms with Crippen molar-refractivity contribution in [3.8, 4) is 17.9 Å². The number of nitrogens with one attached hydrogen (secondary N) is 1. The van der Waals surface area contributed by atoms with Gasteiger partial charge in [-0.1, -0.05) is 38.0 Å². The summed E-state index contributed by atoms with van der Waals surface area (Å²) in [4.78, 5) is 12.4. The van der Waals surface area contributed by atoms with E-state index in [1.54, 1.807) is 24.3 Å². The molecule has 1 amide bonds. The van der Waals surface area contributed by atoms with E-state index >= 15 is 0 Å². The summed E-state index contributed by atoms with van der Waals surface area (Å²) in [6.45, 7) is 2.05. The fourth-order valence-corrected chi connectivity index (χ4v) is 2.92. The van der Waals surface area contributed by atoms with Crippen LogP contribution in [0.2, 0.25) is 0 Å². The highest BCUT2D eigenvalue weighted by Gasteiger charge is 2.24. The molecule has 5 heteroatoms. The summed E-state index contributed by atoms with van der Waals surface area (Å²) in [5.74, 6) is 0.547. The third-order valence-electron chi connectivity index (χ3n) is 4.30. The topological polar surface area (TPSA) is 85.9 Å². The predicted molar refractivity (Wildman–Crippen MR) is 90.7 cm³/mol. The lowest BCUT2D eigenvalue weighted by molar-refractivity contribution is -0.118. The largest absolute Gasteiger partial charge is 0.478 e. The van der Waals surface area contributed by atoms with Crippen molar-refractivity contribution in [2.24, 2.45) is 5.92 Å². The summed E-state index contributed by atoms with van der Waals surface area (Å²) in [6.07, 6.45) is 5.86. The molecule has 1 saturated carbocycles. The van der Waals surface area contributed by atoms with Crippen molar-refractivity contribution in [3.63, 3.8) is 0 Å². The maximum absolute atomic E-state index is 12.4. The highest BCUT2D eigenvalue weighted by atomic mass is 16.5. The maximum atomic E-state index is 12.4. The highest BCUT2D eigenvalue weighted by Crippen LogP contribution is 2.25. The molecule has 124 valence electrons. The Bertz CT molecular complexity index is 697. The van der Waals surface area contributed by atoms with Crippen LogP contribution in [0.1, 0.15) is 38.2 Å². The fraction of sp³-hybridized carbons (Fsp3) is 0.421. The van der Waals surface area contributed by atoms with E-state index in [1.807, 2.05) is 12.1 Å². The number of rotatable bonds is 5. The summed E-state index contributed by atoms with van der Waals surface area (Å²) >= 11 is 0. The number of amides is 1. The second-order valence-electron chi connectivity index (χ2n) is 6.00. The predicted octanol–water partition coefficient (Wildman–Crippen LogP) is 3.19. The van der Waals surface area contributed by atoms with Gasteiger partial charge in [-0.05, 0) is 30.9 Å². The molecule has 1 aromatic carbocycles. The van der Waals surface area contributed by atoms with Gasteiger partial charge in [0, 0.05) is 11.6 Å². The minimum atomic E-state index is -0.355. The van der Waals surface area contributed by atoms with E-state index in [9.17, 15) is 10.1 Å². The van der Waals surface area contributed by atoms with Gasteiger partial charge in [-0.25, -0.2) is 0 Å². The molecule has 0 aromatic heterocycles. The monoisotopic (exact) mass is 323 g/mol. The summed E-state index contributed by atoms with van der Waals surface area (Å²) in [6, 6.07) is 11.0. The van der Waals surface area contributed by atoms with Crippen molar-refractivity contribution in [1.29, 1.82) is 10.5 Å². The standard InChI is InChI=1S/C19H21N3O2/c1-14-6-2-4-8-17(14)22-19(23)16(13-21)12-15-7-3-5-9-18(15)24-11-10-20/h3,5,7,9,12,14,17H,2,4,6,8,11H2,1H3,(H,22,23)/b16-12+/t14-,17-/m1/s1. The third-order valence-corrected chi connectivity index (χ3v) is 4.30. The molecule has 5 nitrogen and oxygen atoms in total. The van der Waals surface area contributed by atoms with Gasteiger partial charge in [-0.2, -0.15) is 10.5 Å². The van der Waals surface area contributed by atoms with Crippen LogP contribution in [0.5, 0.6) is 5.75 Å². The van der Waals surface area contributed by atoms with Crippen LogP contribution in [0.4, 0.5) is 0 Å². The van der Waals surface area contributed by atoms with Gasteiger partial charge in [0.05, 0.1) is 0 Å². The van der Waals surface area contributed by atoms with Gasteiger partial charge >= 0.3 is 0 Å². The maximum Gasteiger partial charge on any atom is 0.262 e. The molecular formula is C19H21N3O2. The number of benzene rings is 1. The molecule has 1 aliphatic carbocycles. The van der Waals surface area contributed by atoms with Crippen LogP contribution in [0.15, 0.2) is 29.8 Å². The molecule has 1 fully saturated rings. The number of nitrogens with zero attached hydrogens (tertiary/aromatic N) is 2. The minimum absolute atomic E-state index is 0.0424. The van der Waals surface area contributed by atoms with Crippen LogP contribution in [0, 0.1) is 28.6 Å². The van der Waals surface area contributed by atoms with Crippen LogP contribution in [-0.4, -0.2) is 18.6 Å². The Balaban J connectivity index is 2.15. The molecule has 0 aliphatic heterocycles. The third kappa shape index (κ3) is 4.60. The van der Waals surface area contributed by atoms with Gasteiger partial charge in [-0.3, -0.25) is 4.79 Å². The number of carbonyl (C=O) groups is 1. The number of nitriles is 2. The molecular weight excluding hydrogens is 302 g/mol. The van der Waals surface area contributed by atoms with E-state index in [1.165, 1.54) is 12.5 Å². The molecule has 1 aliphatic rings. The SMILES string of the molecule is C[C@@H]1CCCC[C@H]1NC(=O)/C(C#N)=C/c1ccccc1OCC#N. The number of para-hydroxylation sites is 1. The molecule has 2 rings (SSSR count). The molecule has 1 aromatic rings. The number of ether oxygens (including phenoxy) is 1. The lowest BCUT2D eigenvalue weighted by Gasteiger charge is -2.29. The van der Waals surface area contributed by atoms with Crippen molar-refractivity contribution >= 4 is 12.0 Å².